The van der Waals surface area contributed by atoms with E-state index in [0.717, 1.165) is 37.4 Å². The number of nitrogens with zero attached hydrogens (tertiary/aromatic N) is 1. The predicted molar refractivity (Wildman–Crippen MR) is 76.9 cm³/mol. The van der Waals surface area contributed by atoms with Gasteiger partial charge in [0.25, 0.3) is 0 Å². The molecule has 1 heterocycles. The molecule has 0 amide bonds. The van der Waals surface area contributed by atoms with E-state index in [2.05, 4.69) is 11.8 Å². The Hall–Kier alpha value is -1.09. The van der Waals surface area contributed by atoms with E-state index in [1.54, 1.807) is 12.1 Å². The van der Waals surface area contributed by atoms with Crippen LogP contribution in [0.25, 0.3) is 0 Å². The quantitative estimate of drug-likeness (QED) is 0.887. The van der Waals surface area contributed by atoms with E-state index < -0.39 is 0 Å². The summed E-state index contributed by atoms with van der Waals surface area (Å²) in [6.07, 6.45) is 5.83. The van der Waals surface area contributed by atoms with Gasteiger partial charge in [0.2, 0.25) is 0 Å². The molecular weight excluding hydrogens is 239 g/mol. The van der Waals surface area contributed by atoms with Gasteiger partial charge in [0.1, 0.15) is 5.82 Å². The summed E-state index contributed by atoms with van der Waals surface area (Å²) in [7, 11) is 0. The van der Waals surface area contributed by atoms with Crippen molar-refractivity contribution in [3.8, 4) is 0 Å². The van der Waals surface area contributed by atoms with Crippen LogP contribution >= 0.6 is 0 Å². The van der Waals surface area contributed by atoms with Crippen LogP contribution in [0.4, 0.5) is 10.1 Å². The Morgan fingerprint density at radius 2 is 2.32 bits per heavy atom. The van der Waals surface area contributed by atoms with E-state index >= 15 is 0 Å². The standard InChI is InChI=1S/C16H23FN2/c1-12-3-2-7-16(10-12,11-18)19-8-6-13-4-5-14(17)9-15(13)19/h4-5,9,12H,2-3,6-8,10-11,18H2,1H3. The number of halogens is 1. The Balaban J connectivity index is 1.96. The zero-order valence-electron chi connectivity index (χ0n) is 11.7. The zero-order chi connectivity index (χ0) is 13.5. The van der Waals surface area contributed by atoms with Crippen molar-refractivity contribution in [2.24, 2.45) is 11.7 Å². The summed E-state index contributed by atoms with van der Waals surface area (Å²) in [4.78, 5) is 2.40. The first-order valence-electron chi connectivity index (χ1n) is 7.41. The van der Waals surface area contributed by atoms with Gasteiger partial charge < -0.3 is 10.6 Å². The van der Waals surface area contributed by atoms with Crippen molar-refractivity contribution in [2.75, 3.05) is 18.0 Å². The highest BCUT2D eigenvalue weighted by molar-refractivity contribution is 5.60. The molecule has 0 bridgehead atoms. The van der Waals surface area contributed by atoms with E-state index in [0.29, 0.717) is 6.54 Å². The summed E-state index contributed by atoms with van der Waals surface area (Å²) >= 11 is 0. The lowest BCUT2D eigenvalue weighted by molar-refractivity contribution is 0.230. The van der Waals surface area contributed by atoms with Gasteiger partial charge >= 0.3 is 0 Å². The molecule has 104 valence electrons. The molecule has 1 aromatic rings. The van der Waals surface area contributed by atoms with Crippen molar-refractivity contribution >= 4 is 5.69 Å². The summed E-state index contributed by atoms with van der Waals surface area (Å²) in [5, 5.41) is 0. The van der Waals surface area contributed by atoms with Crippen LogP contribution in [0.15, 0.2) is 18.2 Å². The Bertz CT molecular complexity index is 474. The van der Waals surface area contributed by atoms with Gasteiger partial charge in [-0.3, -0.25) is 0 Å². The number of fused-ring (bicyclic) bond motifs is 1. The van der Waals surface area contributed by atoms with Crippen LogP contribution in [0.3, 0.4) is 0 Å². The molecular formula is C16H23FN2. The van der Waals surface area contributed by atoms with Crippen molar-refractivity contribution in [3.63, 3.8) is 0 Å². The molecule has 3 rings (SSSR count). The van der Waals surface area contributed by atoms with Crippen molar-refractivity contribution < 1.29 is 4.39 Å². The lowest BCUT2D eigenvalue weighted by Crippen LogP contribution is -2.56. The minimum atomic E-state index is -0.137. The monoisotopic (exact) mass is 262 g/mol. The third kappa shape index (κ3) is 2.14. The van der Waals surface area contributed by atoms with Crippen LogP contribution < -0.4 is 10.6 Å². The lowest BCUT2D eigenvalue weighted by atomic mass is 9.75. The largest absolute Gasteiger partial charge is 0.364 e. The number of hydrogen-bond donors (Lipinski definition) is 1. The molecule has 3 heteroatoms. The molecule has 1 saturated carbocycles. The number of nitrogens with two attached hydrogens (primary N) is 1. The zero-order valence-corrected chi connectivity index (χ0v) is 11.7. The van der Waals surface area contributed by atoms with Gasteiger partial charge in [-0.25, -0.2) is 4.39 Å². The number of hydrogen-bond acceptors (Lipinski definition) is 2. The van der Waals surface area contributed by atoms with E-state index in [4.69, 9.17) is 5.73 Å². The molecule has 0 aromatic heterocycles. The average molecular weight is 262 g/mol. The summed E-state index contributed by atoms with van der Waals surface area (Å²) in [6, 6.07) is 5.20. The highest BCUT2D eigenvalue weighted by atomic mass is 19.1. The third-order valence-electron chi connectivity index (χ3n) is 4.96. The molecule has 1 fully saturated rings. The normalized spacial score (nSPS) is 30.5. The van der Waals surface area contributed by atoms with Crippen molar-refractivity contribution in [3.05, 3.63) is 29.6 Å². The fraction of sp³-hybridized carbons (Fsp3) is 0.625. The molecule has 1 aliphatic carbocycles. The van der Waals surface area contributed by atoms with Gasteiger partial charge in [-0.05, 0) is 42.9 Å². The number of rotatable bonds is 2. The summed E-state index contributed by atoms with van der Waals surface area (Å²) in [6.45, 7) is 3.97. The van der Waals surface area contributed by atoms with Gasteiger partial charge in [0.15, 0.2) is 0 Å². The van der Waals surface area contributed by atoms with Crippen LogP contribution in [0, 0.1) is 11.7 Å². The Morgan fingerprint density at radius 1 is 1.47 bits per heavy atom. The third-order valence-corrected chi connectivity index (χ3v) is 4.96. The van der Waals surface area contributed by atoms with Gasteiger partial charge in [-0.1, -0.05) is 25.8 Å². The summed E-state index contributed by atoms with van der Waals surface area (Å²) in [5.74, 6) is 0.580. The van der Waals surface area contributed by atoms with Crippen LogP contribution in [0.5, 0.6) is 0 Å². The second-order valence-corrected chi connectivity index (χ2v) is 6.30. The van der Waals surface area contributed by atoms with Crippen molar-refractivity contribution in [2.45, 2.75) is 44.6 Å². The van der Waals surface area contributed by atoms with Crippen LogP contribution in [0.2, 0.25) is 0 Å². The minimum Gasteiger partial charge on any atom is -0.364 e. The molecule has 2 aliphatic rings. The molecule has 2 nitrogen and oxygen atoms in total. The lowest BCUT2D eigenvalue weighted by Gasteiger charge is -2.47. The maximum absolute atomic E-state index is 13.5. The van der Waals surface area contributed by atoms with Crippen LogP contribution in [-0.2, 0) is 6.42 Å². The fourth-order valence-electron chi connectivity index (χ4n) is 4.02. The van der Waals surface area contributed by atoms with Crippen molar-refractivity contribution in [1.29, 1.82) is 0 Å². The first-order valence-corrected chi connectivity index (χ1v) is 7.41. The Morgan fingerprint density at radius 3 is 3.05 bits per heavy atom. The molecule has 1 aliphatic heterocycles. The highest BCUT2D eigenvalue weighted by Gasteiger charge is 2.41. The molecule has 1 aromatic carbocycles. The Labute approximate surface area is 114 Å². The van der Waals surface area contributed by atoms with E-state index in [1.165, 1.54) is 18.4 Å². The summed E-state index contributed by atoms with van der Waals surface area (Å²) in [5.41, 5.74) is 8.55. The van der Waals surface area contributed by atoms with E-state index in [-0.39, 0.29) is 11.4 Å². The maximum atomic E-state index is 13.5. The smallest absolute Gasteiger partial charge is 0.125 e. The SMILES string of the molecule is CC1CCCC(CN)(N2CCc3ccc(F)cc32)C1. The van der Waals surface area contributed by atoms with Crippen molar-refractivity contribution in [1.82, 2.24) is 0 Å². The topological polar surface area (TPSA) is 29.3 Å². The van der Waals surface area contributed by atoms with E-state index in [9.17, 15) is 4.39 Å². The molecule has 2 atom stereocenters. The second kappa shape index (κ2) is 4.78. The second-order valence-electron chi connectivity index (χ2n) is 6.30. The molecule has 0 spiro atoms. The molecule has 2 unspecified atom stereocenters. The Kier molecular flexibility index (Phi) is 3.25. The van der Waals surface area contributed by atoms with Gasteiger partial charge in [-0.15, -0.1) is 0 Å². The average Bonchev–Trinajstić information content (AvgIpc) is 2.82. The number of anilines is 1. The van der Waals surface area contributed by atoms with Gasteiger partial charge in [0, 0.05) is 18.8 Å². The summed E-state index contributed by atoms with van der Waals surface area (Å²) < 4.78 is 13.5. The van der Waals surface area contributed by atoms with E-state index in [1.807, 2.05) is 6.07 Å². The molecule has 0 saturated heterocycles. The maximum Gasteiger partial charge on any atom is 0.125 e. The molecule has 0 radical (unpaired) electrons. The van der Waals surface area contributed by atoms with Crippen LogP contribution in [0.1, 0.15) is 38.2 Å². The minimum absolute atomic E-state index is 0.0523. The van der Waals surface area contributed by atoms with Crippen LogP contribution in [-0.4, -0.2) is 18.6 Å². The first-order chi connectivity index (χ1) is 9.14. The number of benzene rings is 1. The highest BCUT2D eigenvalue weighted by Crippen LogP contribution is 2.42. The fourth-order valence-corrected chi connectivity index (χ4v) is 4.02. The first kappa shape index (κ1) is 12.9. The molecule has 2 N–H and O–H groups in total. The predicted octanol–water partition coefficient (Wildman–Crippen LogP) is 3.10. The molecule has 19 heavy (non-hydrogen) atoms. The van der Waals surface area contributed by atoms with Gasteiger partial charge in [0.05, 0.1) is 5.54 Å². The van der Waals surface area contributed by atoms with Gasteiger partial charge in [-0.2, -0.15) is 0 Å².